The highest BCUT2D eigenvalue weighted by Gasteiger charge is 2.32. The van der Waals surface area contributed by atoms with Crippen molar-refractivity contribution >= 4 is 79.4 Å². The third kappa shape index (κ3) is 5.26. The second-order valence-corrected chi connectivity index (χ2v) is 10.3. The summed E-state index contributed by atoms with van der Waals surface area (Å²) in [6, 6.07) is 24.3. The number of hydrogen-bond acceptors (Lipinski definition) is 5. The van der Waals surface area contributed by atoms with Crippen molar-refractivity contribution in [2.45, 2.75) is 12.8 Å². The molecule has 1 fully saturated rings. The fourth-order valence-electron chi connectivity index (χ4n) is 4.35. The zero-order chi connectivity index (χ0) is 25.9. The van der Waals surface area contributed by atoms with Crippen molar-refractivity contribution in [3.63, 3.8) is 0 Å². The molecule has 0 radical (unpaired) electrons. The Morgan fingerprint density at radius 3 is 2.19 bits per heavy atom. The van der Waals surface area contributed by atoms with Crippen LogP contribution < -0.4 is 5.32 Å². The Balaban J connectivity index is 1.28. The van der Waals surface area contributed by atoms with Crippen LogP contribution in [-0.2, 0) is 9.59 Å². The fourth-order valence-corrected chi connectivity index (χ4v) is 5.64. The van der Waals surface area contributed by atoms with Crippen molar-refractivity contribution in [2.75, 3.05) is 11.9 Å². The number of hydrogen-bond donors (Lipinski definition) is 2. The number of thiocarbonyl (C=S) groups is 1. The lowest BCUT2D eigenvalue weighted by molar-refractivity contribution is -0.122. The highest BCUT2D eigenvalue weighted by atomic mass is 32.2. The van der Waals surface area contributed by atoms with Gasteiger partial charge < -0.3 is 10.4 Å². The SMILES string of the molecule is O=C(CCCN1C(=O)/C(=C/c2c3ccccc3cc3ccccc23)SC1=S)Nc1ccc(C(=O)O)cc1. The molecule has 1 aliphatic rings. The zero-order valence-electron chi connectivity index (χ0n) is 19.6. The molecule has 1 heterocycles. The Morgan fingerprint density at radius 1 is 0.946 bits per heavy atom. The van der Waals surface area contributed by atoms with E-state index in [4.69, 9.17) is 17.3 Å². The van der Waals surface area contributed by atoms with Crippen molar-refractivity contribution in [3.8, 4) is 0 Å². The van der Waals surface area contributed by atoms with Gasteiger partial charge in [-0.25, -0.2) is 4.79 Å². The summed E-state index contributed by atoms with van der Waals surface area (Å²) in [6.07, 6.45) is 2.57. The van der Waals surface area contributed by atoms with Gasteiger partial charge in [0, 0.05) is 18.7 Å². The molecule has 37 heavy (non-hydrogen) atoms. The number of amides is 2. The summed E-state index contributed by atoms with van der Waals surface area (Å²) >= 11 is 6.78. The van der Waals surface area contributed by atoms with E-state index in [1.54, 1.807) is 17.0 Å². The average molecular weight is 527 g/mol. The van der Waals surface area contributed by atoms with Crippen molar-refractivity contribution in [3.05, 3.63) is 94.9 Å². The van der Waals surface area contributed by atoms with E-state index in [-0.39, 0.29) is 23.8 Å². The molecule has 1 aliphatic heterocycles. The molecule has 5 rings (SSSR count). The standard InChI is InChI=1S/C29H22N2O4S2/c32-26(30-21-13-11-18(12-14-21)28(34)35)10-5-15-31-27(33)25(37-29(31)36)17-24-22-8-3-1-6-19(22)16-20-7-2-4-9-23(20)24/h1-4,6-9,11-14,16-17H,5,10,15H2,(H,30,32)(H,34,35)/b25-17-. The van der Waals surface area contributed by atoms with Crippen molar-refractivity contribution in [2.24, 2.45) is 0 Å². The quantitative estimate of drug-likeness (QED) is 0.167. The maximum Gasteiger partial charge on any atom is 0.335 e. The van der Waals surface area contributed by atoms with Crippen molar-refractivity contribution in [1.82, 2.24) is 4.90 Å². The molecule has 0 saturated carbocycles. The molecule has 4 aromatic rings. The number of carbonyl (C=O) groups excluding carboxylic acids is 2. The van der Waals surface area contributed by atoms with Gasteiger partial charge in [0.25, 0.3) is 5.91 Å². The minimum absolute atomic E-state index is 0.150. The molecular formula is C29H22N2O4S2. The third-order valence-corrected chi connectivity index (χ3v) is 7.54. The zero-order valence-corrected chi connectivity index (χ0v) is 21.3. The Morgan fingerprint density at radius 2 is 1.57 bits per heavy atom. The van der Waals surface area contributed by atoms with Crippen LogP contribution in [0.5, 0.6) is 0 Å². The van der Waals surface area contributed by atoms with Crippen LogP contribution >= 0.6 is 24.0 Å². The van der Waals surface area contributed by atoms with E-state index < -0.39 is 5.97 Å². The second kappa shape index (κ2) is 10.5. The normalized spacial score (nSPS) is 14.6. The van der Waals surface area contributed by atoms with Crippen molar-refractivity contribution in [1.29, 1.82) is 0 Å². The summed E-state index contributed by atoms with van der Waals surface area (Å²) in [5, 5.41) is 16.1. The maximum atomic E-state index is 13.2. The Labute approximate surface area is 223 Å². The summed E-state index contributed by atoms with van der Waals surface area (Å²) in [4.78, 5) is 38.7. The summed E-state index contributed by atoms with van der Waals surface area (Å²) in [6.45, 7) is 0.337. The summed E-state index contributed by atoms with van der Waals surface area (Å²) in [5.74, 6) is -1.40. The number of carboxylic acids is 1. The Bertz CT molecular complexity index is 1540. The molecule has 0 spiro atoms. The largest absolute Gasteiger partial charge is 0.478 e. The van der Waals surface area contributed by atoms with E-state index in [2.05, 4.69) is 35.6 Å². The first kappa shape index (κ1) is 24.7. The lowest BCUT2D eigenvalue weighted by Gasteiger charge is -2.14. The van der Waals surface area contributed by atoms with E-state index in [1.165, 1.54) is 23.9 Å². The molecule has 4 aromatic carbocycles. The predicted octanol–water partition coefficient (Wildman–Crippen LogP) is 6.31. The molecule has 8 heteroatoms. The first-order valence-electron chi connectivity index (χ1n) is 11.7. The van der Waals surface area contributed by atoms with Crippen LogP contribution in [0.2, 0.25) is 0 Å². The lowest BCUT2D eigenvalue weighted by atomic mass is 9.96. The van der Waals surface area contributed by atoms with Crippen LogP contribution in [0.15, 0.2) is 83.8 Å². The maximum absolute atomic E-state index is 13.2. The number of rotatable bonds is 7. The second-order valence-electron chi connectivity index (χ2n) is 8.60. The van der Waals surface area contributed by atoms with Gasteiger partial charge in [-0.1, -0.05) is 72.5 Å². The molecule has 2 amide bonds. The van der Waals surface area contributed by atoms with E-state index in [0.717, 1.165) is 27.1 Å². The van der Waals surface area contributed by atoms with Gasteiger partial charge in [-0.15, -0.1) is 0 Å². The number of carbonyl (C=O) groups is 3. The lowest BCUT2D eigenvalue weighted by Crippen LogP contribution is -2.29. The van der Waals surface area contributed by atoms with E-state index in [0.29, 0.717) is 27.9 Å². The number of nitrogens with zero attached hydrogens (tertiary/aromatic N) is 1. The summed E-state index contributed by atoms with van der Waals surface area (Å²) in [7, 11) is 0. The molecule has 2 N–H and O–H groups in total. The highest BCUT2D eigenvalue weighted by molar-refractivity contribution is 8.26. The average Bonchev–Trinajstić information content (AvgIpc) is 3.16. The molecule has 0 unspecified atom stereocenters. The van der Waals surface area contributed by atoms with Gasteiger partial charge in [0.1, 0.15) is 4.32 Å². The van der Waals surface area contributed by atoms with Crippen molar-refractivity contribution < 1.29 is 19.5 Å². The van der Waals surface area contributed by atoms with E-state index in [1.807, 2.05) is 30.3 Å². The Kier molecular flexibility index (Phi) is 7.03. The van der Waals surface area contributed by atoms with Crippen LogP contribution in [0.25, 0.3) is 27.6 Å². The molecular weight excluding hydrogens is 504 g/mol. The van der Waals surface area contributed by atoms with Gasteiger partial charge in [-0.3, -0.25) is 14.5 Å². The Hall–Kier alpha value is -4.01. The number of thioether (sulfide) groups is 1. The molecule has 0 aromatic heterocycles. The van der Waals surface area contributed by atoms with Crippen LogP contribution in [0.3, 0.4) is 0 Å². The van der Waals surface area contributed by atoms with Gasteiger partial charge in [-0.05, 0) is 69.9 Å². The van der Waals surface area contributed by atoms with Crippen LogP contribution in [0.4, 0.5) is 5.69 Å². The van der Waals surface area contributed by atoms with Gasteiger partial charge in [-0.2, -0.15) is 0 Å². The van der Waals surface area contributed by atoms with Crippen LogP contribution in [-0.4, -0.2) is 38.7 Å². The molecule has 0 aliphatic carbocycles. The number of carboxylic acid groups (broad SMARTS) is 1. The number of anilines is 1. The molecule has 1 saturated heterocycles. The molecule has 6 nitrogen and oxygen atoms in total. The highest BCUT2D eigenvalue weighted by Crippen LogP contribution is 2.36. The minimum Gasteiger partial charge on any atom is -0.478 e. The minimum atomic E-state index is -1.02. The molecule has 0 atom stereocenters. The van der Waals surface area contributed by atoms with Gasteiger partial charge >= 0.3 is 5.97 Å². The predicted molar refractivity (Wildman–Crippen MR) is 153 cm³/mol. The smallest absolute Gasteiger partial charge is 0.335 e. The summed E-state index contributed by atoms with van der Waals surface area (Å²) in [5.41, 5.74) is 1.66. The number of fused-ring (bicyclic) bond motifs is 2. The topological polar surface area (TPSA) is 86.7 Å². The first-order chi connectivity index (χ1) is 17.9. The van der Waals surface area contributed by atoms with Crippen LogP contribution in [0, 0.1) is 0 Å². The van der Waals surface area contributed by atoms with Gasteiger partial charge in [0.15, 0.2) is 0 Å². The van der Waals surface area contributed by atoms with Crippen LogP contribution in [0.1, 0.15) is 28.8 Å². The van der Waals surface area contributed by atoms with Gasteiger partial charge in [0.05, 0.1) is 10.5 Å². The van der Waals surface area contributed by atoms with Gasteiger partial charge in [0.2, 0.25) is 5.91 Å². The number of benzene rings is 4. The summed E-state index contributed by atoms with van der Waals surface area (Å²) < 4.78 is 0.477. The molecule has 184 valence electrons. The van der Waals surface area contributed by atoms with E-state index in [9.17, 15) is 14.4 Å². The monoisotopic (exact) mass is 526 g/mol. The fraction of sp³-hybridized carbons (Fsp3) is 0.103. The molecule has 0 bridgehead atoms. The third-order valence-electron chi connectivity index (χ3n) is 6.16. The first-order valence-corrected chi connectivity index (χ1v) is 12.9. The number of nitrogens with one attached hydrogen (secondary N) is 1. The number of aromatic carboxylic acids is 1. The van der Waals surface area contributed by atoms with E-state index >= 15 is 0 Å².